The van der Waals surface area contributed by atoms with Gasteiger partial charge in [-0.2, -0.15) is 5.26 Å². The Kier molecular flexibility index (Phi) is 4.73. The highest BCUT2D eigenvalue weighted by atomic mass is 32.1. The van der Waals surface area contributed by atoms with Crippen LogP contribution in [0.1, 0.15) is 21.5 Å². The maximum absolute atomic E-state index is 14.3. The molecule has 0 aliphatic rings. The largest absolute Gasteiger partial charge is 0.507 e. The summed E-state index contributed by atoms with van der Waals surface area (Å²) >= 11 is 1.26. The van der Waals surface area contributed by atoms with Gasteiger partial charge in [-0.1, -0.05) is 12.1 Å². The quantitative estimate of drug-likeness (QED) is 0.752. The highest BCUT2D eigenvalue weighted by Crippen LogP contribution is 2.32. The standard InChI is InChI=1S/C18H12FN3O2S/c19-15-7-14(18-21-5-6-25-18)16(23)8-13(15)17(24)22-10-12-3-1-11(9-20)2-4-12/h1-8,23H,10H2,(H,22,24). The fourth-order valence-corrected chi connectivity index (χ4v) is 2.90. The maximum Gasteiger partial charge on any atom is 0.254 e. The summed E-state index contributed by atoms with van der Waals surface area (Å²) in [5.41, 5.74) is 1.29. The minimum atomic E-state index is -0.736. The molecule has 0 bridgehead atoms. The molecule has 2 aromatic carbocycles. The molecule has 1 amide bonds. The molecule has 2 N–H and O–H groups in total. The van der Waals surface area contributed by atoms with Crippen molar-refractivity contribution in [1.29, 1.82) is 5.26 Å². The molecule has 0 aliphatic carbocycles. The van der Waals surface area contributed by atoms with E-state index in [0.29, 0.717) is 10.6 Å². The Balaban J connectivity index is 1.75. The van der Waals surface area contributed by atoms with E-state index in [9.17, 15) is 14.3 Å². The van der Waals surface area contributed by atoms with Gasteiger partial charge in [0.25, 0.3) is 5.91 Å². The number of hydrogen-bond acceptors (Lipinski definition) is 5. The normalized spacial score (nSPS) is 10.2. The van der Waals surface area contributed by atoms with Crippen LogP contribution >= 0.6 is 11.3 Å². The molecule has 0 saturated heterocycles. The number of benzene rings is 2. The van der Waals surface area contributed by atoms with Crippen LogP contribution in [-0.4, -0.2) is 16.0 Å². The third kappa shape index (κ3) is 3.65. The molecule has 3 rings (SSSR count). The number of aromatic nitrogens is 1. The SMILES string of the molecule is N#Cc1ccc(CNC(=O)c2cc(O)c(-c3nccs3)cc2F)cc1. The minimum Gasteiger partial charge on any atom is -0.507 e. The summed E-state index contributed by atoms with van der Waals surface area (Å²) in [6.07, 6.45) is 1.55. The Morgan fingerprint density at radius 1 is 1.32 bits per heavy atom. The van der Waals surface area contributed by atoms with Gasteiger partial charge in [0.05, 0.1) is 22.8 Å². The third-order valence-electron chi connectivity index (χ3n) is 3.53. The summed E-state index contributed by atoms with van der Waals surface area (Å²) < 4.78 is 14.3. The molecule has 3 aromatic rings. The number of rotatable bonds is 4. The number of phenolic OH excluding ortho intramolecular Hbond substituents is 1. The van der Waals surface area contributed by atoms with Crippen molar-refractivity contribution in [2.24, 2.45) is 0 Å². The van der Waals surface area contributed by atoms with Crippen LogP contribution in [0.4, 0.5) is 4.39 Å². The predicted molar refractivity (Wildman–Crippen MR) is 91.5 cm³/mol. The number of thiazole rings is 1. The van der Waals surface area contributed by atoms with Crippen LogP contribution in [0.15, 0.2) is 48.0 Å². The number of hydrogen-bond donors (Lipinski definition) is 2. The van der Waals surface area contributed by atoms with Crippen molar-refractivity contribution in [2.75, 3.05) is 0 Å². The topological polar surface area (TPSA) is 86.0 Å². The third-order valence-corrected chi connectivity index (χ3v) is 4.34. The number of carbonyl (C=O) groups excluding carboxylic acids is 1. The second-order valence-corrected chi connectivity index (χ2v) is 6.07. The van der Waals surface area contributed by atoms with E-state index < -0.39 is 11.7 Å². The van der Waals surface area contributed by atoms with Crippen LogP contribution in [-0.2, 0) is 6.54 Å². The average molecular weight is 353 g/mol. The van der Waals surface area contributed by atoms with E-state index in [1.165, 1.54) is 11.3 Å². The smallest absolute Gasteiger partial charge is 0.254 e. The summed E-state index contributed by atoms with van der Waals surface area (Å²) in [7, 11) is 0. The molecule has 1 aromatic heterocycles. The molecular weight excluding hydrogens is 341 g/mol. The Labute approximate surface area is 147 Å². The van der Waals surface area contributed by atoms with Crippen molar-refractivity contribution in [3.8, 4) is 22.4 Å². The van der Waals surface area contributed by atoms with Crippen LogP contribution in [0, 0.1) is 17.1 Å². The second kappa shape index (κ2) is 7.11. The van der Waals surface area contributed by atoms with E-state index in [2.05, 4.69) is 10.3 Å². The van der Waals surface area contributed by atoms with Crippen LogP contribution in [0.2, 0.25) is 0 Å². The first-order valence-corrected chi connectivity index (χ1v) is 8.16. The minimum absolute atomic E-state index is 0.180. The Morgan fingerprint density at radius 3 is 2.72 bits per heavy atom. The van der Waals surface area contributed by atoms with Gasteiger partial charge in [0.1, 0.15) is 16.6 Å². The van der Waals surface area contributed by atoms with Crippen LogP contribution in [0.25, 0.3) is 10.6 Å². The van der Waals surface area contributed by atoms with Gasteiger partial charge in [-0.15, -0.1) is 11.3 Å². The van der Waals surface area contributed by atoms with Gasteiger partial charge in [0.15, 0.2) is 0 Å². The highest BCUT2D eigenvalue weighted by molar-refractivity contribution is 7.13. The number of nitrogens with zero attached hydrogens (tertiary/aromatic N) is 2. The molecule has 0 atom stereocenters. The Morgan fingerprint density at radius 2 is 2.08 bits per heavy atom. The van der Waals surface area contributed by atoms with Crippen molar-refractivity contribution in [1.82, 2.24) is 10.3 Å². The zero-order valence-electron chi connectivity index (χ0n) is 12.9. The lowest BCUT2D eigenvalue weighted by molar-refractivity contribution is 0.0946. The van der Waals surface area contributed by atoms with Crippen LogP contribution in [0.5, 0.6) is 5.75 Å². The van der Waals surface area contributed by atoms with Crippen molar-refractivity contribution in [2.45, 2.75) is 6.54 Å². The molecule has 0 aliphatic heterocycles. The van der Waals surface area contributed by atoms with Gasteiger partial charge in [-0.05, 0) is 29.8 Å². The van der Waals surface area contributed by atoms with Crippen molar-refractivity contribution in [3.05, 3.63) is 70.5 Å². The van der Waals surface area contributed by atoms with Gasteiger partial charge in [0, 0.05) is 18.1 Å². The predicted octanol–water partition coefficient (Wildman–Crippen LogP) is 3.46. The first-order valence-electron chi connectivity index (χ1n) is 7.28. The van der Waals surface area contributed by atoms with Gasteiger partial charge in [-0.3, -0.25) is 4.79 Å². The molecule has 0 saturated carbocycles. The molecule has 5 nitrogen and oxygen atoms in total. The van der Waals surface area contributed by atoms with Gasteiger partial charge >= 0.3 is 0 Å². The first kappa shape index (κ1) is 16.6. The van der Waals surface area contributed by atoms with E-state index in [1.807, 2.05) is 6.07 Å². The van der Waals surface area contributed by atoms with Crippen LogP contribution < -0.4 is 5.32 Å². The van der Waals surface area contributed by atoms with E-state index in [1.54, 1.807) is 35.8 Å². The zero-order valence-corrected chi connectivity index (χ0v) is 13.7. The molecule has 0 unspecified atom stereocenters. The molecule has 1 heterocycles. The van der Waals surface area contributed by atoms with E-state index in [4.69, 9.17) is 5.26 Å². The van der Waals surface area contributed by atoms with Crippen LogP contribution in [0.3, 0.4) is 0 Å². The fraction of sp³-hybridized carbons (Fsp3) is 0.0556. The van der Waals surface area contributed by atoms with E-state index >= 15 is 0 Å². The molecule has 7 heteroatoms. The van der Waals surface area contributed by atoms with E-state index in [-0.39, 0.29) is 23.4 Å². The summed E-state index contributed by atoms with van der Waals surface area (Å²) in [6.45, 7) is 0.180. The highest BCUT2D eigenvalue weighted by Gasteiger charge is 2.17. The number of aromatic hydroxyl groups is 1. The van der Waals surface area contributed by atoms with E-state index in [0.717, 1.165) is 17.7 Å². The average Bonchev–Trinajstić information content (AvgIpc) is 3.16. The fourth-order valence-electron chi connectivity index (χ4n) is 2.24. The van der Waals surface area contributed by atoms with Crippen molar-refractivity contribution >= 4 is 17.2 Å². The molecule has 25 heavy (non-hydrogen) atoms. The Hall–Kier alpha value is -3.24. The van der Waals surface area contributed by atoms with Gasteiger partial charge < -0.3 is 10.4 Å². The second-order valence-electron chi connectivity index (χ2n) is 5.18. The van der Waals surface area contributed by atoms with Gasteiger partial charge in [0.2, 0.25) is 0 Å². The maximum atomic E-state index is 14.3. The lowest BCUT2D eigenvalue weighted by Crippen LogP contribution is -2.23. The summed E-state index contributed by atoms with van der Waals surface area (Å²) in [6, 6.07) is 10.9. The van der Waals surface area contributed by atoms with Crippen molar-refractivity contribution in [3.63, 3.8) is 0 Å². The summed E-state index contributed by atoms with van der Waals surface area (Å²) in [4.78, 5) is 16.2. The first-order chi connectivity index (χ1) is 12.1. The summed E-state index contributed by atoms with van der Waals surface area (Å²) in [5, 5.41) is 23.6. The number of phenols is 1. The Bertz CT molecular complexity index is 948. The number of halogens is 1. The molecular formula is C18H12FN3O2S. The number of amides is 1. The lowest BCUT2D eigenvalue weighted by Gasteiger charge is -2.09. The number of nitrogens with one attached hydrogen (secondary N) is 1. The monoisotopic (exact) mass is 353 g/mol. The molecule has 0 spiro atoms. The zero-order chi connectivity index (χ0) is 17.8. The summed E-state index contributed by atoms with van der Waals surface area (Å²) in [5.74, 6) is -1.58. The molecule has 0 fully saturated rings. The number of carbonyl (C=O) groups is 1. The van der Waals surface area contributed by atoms with Gasteiger partial charge in [-0.25, -0.2) is 9.37 Å². The lowest BCUT2D eigenvalue weighted by atomic mass is 10.1. The van der Waals surface area contributed by atoms with Crippen molar-refractivity contribution < 1.29 is 14.3 Å². The molecule has 0 radical (unpaired) electrons. The number of nitriles is 1. The molecule has 124 valence electrons.